The van der Waals surface area contributed by atoms with Crippen LogP contribution < -0.4 is 9.86 Å². The third kappa shape index (κ3) is 2.80. The summed E-state index contributed by atoms with van der Waals surface area (Å²) in [5, 5.41) is 11.6. The number of hydrogen-bond donors (Lipinski definition) is 3. The second-order valence-corrected chi connectivity index (χ2v) is 4.73. The number of para-hydroxylation sites is 1. The average molecular weight is 253 g/mol. The summed E-state index contributed by atoms with van der Waals surface area (Å²) in [7, 11) is -3.82. The minimum absolute atomic E-state index is 0.342. The van der Waals surface area contributed by atoms with E-state index in [2.05, 4.69) is 19.9 Å². The number of anilines is 1. The largest absolute Gasteiger partial charge is 0.296 e. The van der Waals surface area contributed by atoms with E-state index in [1.165, 1.54) is 0 Å². The van der Waals surface area contributed by atoms with Gasteiger partial charge in [0.1, 0.15) is 5.82 Å². The summed E-state index contributed by atoms with van der Waals surface area (Å²) in [6, 6.07) is 6.74. The predicted molar refractivity (Wildman–Crippen MR) is 63.3 cm³/mol. The fraction of sp³-hybridized carbons (Fsp3) is 0.111. The van der Waals surface area contributed by atoms with Crippen LogP contribution in [0.15, 0.2) is 24.3 Å². The molecule has 1 heterocycles. The van der Waals surface area contributed by atoms with Crippen LogP contribution in [0.5, 0.6) is 0 Å². The fourth-order valence-electron chi connectivity index (χ4n) is 1.38. The lowest BCUT2D eigenvalue weighted by molar-refractivity contribution is 0.603. The van der Waals surface area contributed by atoms with Gasteiger partial charge in [-0.05, 0) is 19.1 Å². The molecule has 0 bridgehead atoms. The molecule has 0 unspecified atom stereocenters. The Bertz CT molecular complexity index is 634. The standard InChI is InChI=1S/C9H11N5O2S/c1-6-11-9(13-12-6)7-4-2-3-5-8(7)14-17(10,15)16/h2-5,14H,1H3,(H2,10,15,16)(H,11,12,13). The SMILES string of the molecule is Cc1nc(-c2ccccc2NS(N)(=O)=O)n[nH]1. The molecule has 0 aliphatic carbocycles. The number of nitrogens with one attached hydrogen (secondary N) is 2. The van der Waals surface area contributed by atoms with E-state index in [4.69, 9.17) is 5.14 Å². The Morgan fingerprint density at radius 2 is 2.06 bits per heavy atom. The van der Waals surface area contributed by atoms with E-state index in [1.54, 1.807) is 31.2 Å². The summed E-state index contributed by atoms with van der Waals surface area (Å²) in [6.45, 7) is 1.76. The molecule has 1 aromatic heterocycles. The van der Waals surface area contributed by atoms with E-state index in [9.17, 15) is 8.42 Å². The smallest absolute Gasteiger partial charge is 0.271 e. The van der Waals surface area contributed by atoms with Crippen molar-refractivity contribution >= 4 is 15.9 Å². The molecule has 0 aliphatic heterocycles. The number of aromatic amines is 1. The summed E-state index contributed by atoms with van der Waals surface area (Å²) >= 11 is 0. The van der Waals surface area contributed by atoms with Gasteiger partial charge in [0.2, 0.25) is 0 Å². The van der Waals surface area contributed by atoms with Crippen molar-refractivity contribution in [2.24, 2.45) is 5.14 Å². The van der Waals surface area contributed by atoms with Gasteiger partial charge < -0.3 is 0 Å². The van der Waals surface area contributed by atoms with Crippen LogP contribution in [-0.2, 0) is 10.2 Å². The van der Waals surface area contributed by atoms with Crippen molar-refractivity contribution in [1.82, 2.24) is 15.2 Å². The third-order valence-electron chi connectivity index (χ3n) is 2.02. The number of nitrogens with zero attached hydrogens (tertiary/aromatic N) is 2. The van der Waals surface area contributed by atoms with E-state index >= 15 is 0 Å². The molecule has 8 heteroatoms. The lowest BCUT2D eigenvalue weighted by Gasteiger charge is -2.07. The van der Waals surface area contributed by atoms with Gasteiger partial charge in [-0.15, -0.1) is 0 Å². The average Bonchev–Trinajstić information content (AvgIpc) is 2.63. The topological polar surface area (TPSA) is 114 Å². The zero-order valence-electron chi connectivity index (χ0n) is 9.01. The molecule has 0 fully saturated rings. The highest BCUT2D eigenvalue weighted by molar-refractivity contribution is 7.90. The van der Waals surface area contributed by atoms with Crippen LogP contribution in [0, 0.1) is 6.92 Å². The minimum atomic E-state index is -3.82. The third-order valence-corrected chi connectivity index (χ3v) is 2.52. The molecule has 0 amide bonds. The normalized spacial score (nSPS) is 11.4. The first-order valence-electron chi connectivity index (χ1n) is 4.74. The summed E-state index contributed by atoms with van der Waals surface area (Å²) in [4.78, 5) is 4.13. The molecule has 17 heavy (non-hydrogen) atoms. The van der Waals surface area contributed by atoms with Crippen LogP contribution >= 0.6 is 0 Å². The van der Waals surface area contributed by atoms with E-state index in [0.717, 1.165) is 0 Å². The zero-order valence-corrected chi connectivity index (χ0v) is 9.82. The van der Waals surface area contributed by atoms with Crippen LogP contribution in [0.1, 0.15) is 5.82 Å². The van der Waals surface area contributed by atoms with Gasteiger partial charge in [-0.25, -0.2) is 10.1 Å². The number of aryl methyl sites for hydroxylation is 1. The second kappa shape index (κ2) is 4.15. The quantitative estimate of drug-likeness (QED) is 0.734. The Morgan fingerprint density at radius 1 is 1.35 bits per heavy atom. The van der Waals surface area contributed by atoms with Crippen LogP contribution in [-0.4, -0.2) is 23.6 Å². The molecule has 2 rings (SSSR count). The first-order valence-corrected chi connectivity index (χ1v) is 6.29. The molecule has 1 aromatic carbocycles. The van der Waals surface area contributed by atoms with Gasteiger partial charge in [0.05, 0.1) is 5.69 Å². The van der Waals surface area contributed by atoms with E-state index < -0.39 is 10.2 Å². The van der Waals surface area contributed by atoms with Gasteiger partial charge >= 0.3 is 0 Å². The predicted octanol–water partition coefficient (Wildman–Crippen LogP) is 0.396. The molecule has 0 saturated heterocycles. The van der Waals surface area contributed by atoms with Gasteiger partial charge in [-0.3, -0.25) is 9.82 Å². The summed E-state index contributed by atoms with van der Waals surface area (Å²) in [5.74, 6) is 1.06. The first-order chi connectivity index (χ1) is 7.96. The number of rotatable bonds is 3. The monoisotopic (exact) mass is 253 g/mol. The van der Waals surface area contributed by atoms with Crippen LogP contribution in [0.4, 0.5) is 5.69 Å². The number of benzene rings is 1. The highest BCUT2D eigenvalue weighted by Crippen LogP contribution is 2.24. The Balaban J connectivity index is 2.48. The lowest BCUT2D eigenvalue weighted by atomic mass is 10.2. The number of H-pyrrole nitrogens is 1. The maximum Gasteiger partial charge on any atom is 0.296 e. The molecule has 0 atom stereocenters. The van der Waals surface area contributed by atoms with Crippen LogP contribution in [0.2, 0.25) is 0 Å². The van der Waals surface area contributed by atoms with E-state index in [0.29, 0.717) is 22.9 Å². The highest BCUT2D eigenvalue weighted by atomic mass is 32.2. The number of hydrogen-bond acceptors (Lipinski definition) is 4. The van der Waals surface area contributed by atoms with E-state index in [1.807, 2.05) is 0 Å². The molecule has 0 saturated carbocycles. The van der Waals surface area contributed by atoms with Crippen molar-refractivity contribution in [2.75, 3.05) is 4.72 Å². The molecule has 0 spiro atoms. The van der Waals surface area contributed by atoms with Crippen molar-refractivity contribution in [3.05, 3.63) is 30.1 Å². The Kier molecular flexibility index (Phi) is 2.82. The molecular formula is C9H11N5O2S. The van der Waals surface area contributed by atoms with Gasteiger partial charge in [0.15, 0.2) is 5.82 Å². The van der Waals surface area contributed by atoms with Gasteiger partial charge in [-0.2, -0.15) is 13.5 Å². The molecule has 7 nitrogen and oxygen atoms in total. The van der Waals surface area contributed by atoms with Crippen molar-refractivity contribution < 1.29 is 8.42 Å². The van der Waals surface area contributed by atoms with Crippen molar-refractivity contribution in [2.45, 2.75) is 6.92 Å². The molecule has 4 N–H and O–H groups in total. The Hall–Kier alpha value is -1.93. The van der Waals surface area contributed by atoms with Gasteiger partial charge in [0, 0.05) is 5.56 Å². The van der Waals surface area contributed by atoms with Crippen molar-refractivity contribution in [3.8, 4) is 11.4 Å². The van der Waals surface area contributed by atoms with Crippen molar-refractivity contribution in [1.29, 1.82) is 0 Å². The molecule has 0 radical (unpaired) electrons. The number of aromatic nitrogens is 3. The molecule has 0 aliphatic rings. The molecular weight excluding hydrogens is 242 g/mol. The summed E-state index contributed by atoms with van der Waals surface area (Å²) in [5.41, 5.74) is 0.903. The van der Waals surface area contributed by atoms with Gasteiger partial charge in [-0.1, -0.05) is 12.1 Å². The summed E-state index contributed by atoms with van der Waals surface area (Å²) in [6.07, 6.45) is 0. The fourth-order valence-corrected chi connectivity index (χ4v) is 1.87. The Morgan fingerprint density at radius 3 is 2.65 bits per heavy atom. The van der Waals surface area contributed by atoms with E-state index in [-0.39, 0.29) is 0 Å². The molecule has 90 valence electrons. The lowest BCUT2D eigenvalue weighted by Crippen LogP contribution is -2.22. The Labute approximate surface area is 98.3 Å². The zero-order chi connectivity index (χ0) is 12.5. The first kappa shape index (κ1) is 11.6. The van der Waals surface area contributed by atoms with Crippen LogP contribution in [0.3, 0.4) is 0 Å². The maximum atomic E-state index is 11.0. The van der Waals surface area contributed by atoms with Crippen LogP contribution in [0.25, 0.3) is 11.4 Å². The maximum absolute atomic E-state index is 11.0. The van der Waals surface area contributed by atoms with Crippen molar-refractivity contribution in [3.63, 3.8) is 0 Å². The second-order valence-electron chi connectivity index (χ2n) is 3.44. The number of nitrogens with two attached hydrogens (primary N) is 1. The minimum Gasteiger partial charge on any atom is -0.271 e. The van der Waals surface area contributed by atoms with Gasteiger partial charge in [0.25, 0.3) is 10.2 Å². The molecule has 2 aromatic rings. The highest BCUT2D eigenvalue weighted by Gasteiger charge is 2.11. The summed E-state index contributed by atoms with van der Waals surface area (Å²) < 4.78 is 24.2.